The molecule has 0 bridgehead atoms. The fourth-order valence-corrected chi connectivity index (χ4v) is 4.41. The van der Waals surface area contributed by atoms with Gasteiger partial charge in [0.2, 0.25) is 0 Å². The molecule has 0 saturated carbocycles. The van der Waals surface area contributed by atoms with Gasteiger partial charge in [-0.1, -0.05) is 60.7 Å². The van der Waals surface area contributed by atoms with E-state index in [1.165, 1.54) is 11.3 Å². The molecular weight excluding hydrogens is 490 g/mol. The highest BCUT2D eigenvalue weighted by Crippen LogP contribution is 2.28. The van der Waals surface area contributed by atoms with Crippen LogP contribution in [-0.2, 0) is 22.5 Å². The third-order valence-electron chi connectivity index (χ3n) is 5.61. The predicted octanol–water partition coefficient (Wildman–Crippen LogP) is 5.04. The molecule has 0 fully saturated rings. The summed E-state index contributed by atoms with van der Waals surface area (Å²) in [5, 5.41) is 16.9. The second-order valence-corrected chi connectivity index (χ2v) is 10.8. The molecule has 8 nitrogen and oxygen atoms in total. The number of thiazole rings is 1. The Balaban J connectivity index is 1.77. The number of nitrogens with zero attached hydrogens (tertiary/aromatic N) is 1. The molecule has 0 aliphatic heterocycles. The van der Waals surface area contributed by atoms with Gasteiger partial charge in [0, 0.05) is 24.1 Å². The molecule has 2 amide bonds. The molecule has 2 aromatic carbocycles. The van der Waals surface area contributed by atoms with Gasteiger partial charge in [0.15, 0.2) is 0 Å². The van der Waals surface area contributed by atoms with E-state index in [1.54, 1.807) is 11.7 Å². The van der Waals surface area contributed by atoms with Crippen LogP contribution in [-0.4, -0.2) is 46.6 Å². The fraction of sp³-hybridized carbons (Fsp3) is 0.393. The van der Waals surface area contributed by atoms with Crippen LogP contribution < -0.4 is 10.6 Å². The summed E-state index contributed by atoms with van der Waals surface area (Å²) in [6, 6.07) is 18.9. The van der Waals surface area contributed by atoms with Gasteiger partial charge in [0.1, 0.15) is 6.61 Å². The number of hydrogen-bond donors (Lipinski definition) is 3. The predicted molar refractivity (Wildman–Crippen MR) is 143 cm³/mol. The number of hydrogen-bond acceptors (Lipinski definition) is 7. The van der Waals surface area contributed by atoms with Crippen LogP contribution in [0.25, 0.3) is 0 Å². The Kier molecular flexibility index (Phi) is 10.5. The minimum Gasteiger partial charge on any atom is -0.449 e. The van der Waals surface area contributed by atoms with E-state index in [0.717, 1.165) is 16.0 Å². The molecule has 0 saturated heterocycles. The number of aliphatic hydroxyl groups excluding tert-OH is 1. The Bertz CT molecular complexity index is 1090. The molecule has 37 heavy (non-hydrogen) atoms. The largest absolute Gasteiger partial charge is 0.449 e. The Morgan fingerprint density at radius 3 is 2.30 bits per heavy atom. The summed E-state index contributed by atoms with van der Waals surface area (Å²) >= 11 is 1.39. The molecule has 0 radical (unpaired) electrons. The van der Waals surface area contributed by atoms with Gasteiger partial charge in [0.25, 0.3) is 0 Å². The quantitative estimate of drug-likeness (QED) is 0.324. The summed E-state index contributed by atoms with van der Waals surface area (Å²) in [7, 11) is 0. The molecule has 3 unspecified atom stereocenters. The van der Waals surface area contributed by atoms with Gasteiger partial charge < -0.3 is 25.2 Å². The first-order valence-corrected chi connectivity index (χ1v) is 13.1. The Morgan fingerprint density at radius 2 is 1.68 bits per heavy atom. The zero-order valence-corrected chi connectivity index (χ0v) is 22.2. The lowest BCUT2D eigenvalue weighted by atomic mass is 9.82. The van der Waals surface area contributed by atoms with Crippen molar-refractivity contribution in [2.75, 3.05) is 6.61 Å². The molecule has 1 heterocycles. The van der Waals surface area contributed by atoms with E-state index in [1.807, 2.05) is 81.4 Å². The van der Waals surface area contributed by atoms with Crippen LogP contribution in [0, 0.1) is 0 Å². The lowest BCUT2D eigenvalue weighted by molar-refractivity contribution is 0.0650. The van der Waals surface area contributed by atoms with Crippen molar-refractivity contribution in [3.8, 4) is 0 Å². The molecule has 3 aromatic rings. The van der Waals surface area contributed by atoms with Crippen molar-refractivity contribution in [1.29, 1.82) is 0 Å². The minimum absolute atomic E-state index is 0.00990. The molecule has 3 atom stereocenters. The zero-order chi connectivity index (χ0) is 26.7. The van der Waals surface area contributed by atoms with E-state index in [2.05, 4.69) is 15.6 Å². The molecular formula is C28H35N3O5S. The van der Waals surface area contributed by atoms with Crippen LogP contribution in [0.1, 0.15) is 49.1 Å². The molecule has 1 aromatic heterocycles. The SMILES string of the molecule is CC(C)(C)NC(=O)OCCC(O)C(NC(=O)OCc1cncs1)C(Cc1ccccc1)c1ccccc1. The standard InChI is InChI=1S/C28H35N3O5S/c1-28(2,3)31-27(34)35-15-14-24(32)25(30-26(33)36-18-22-17-29-19-37-22)23(21-12-8-5-9-13-21)16-20-10-6-4-7-11-20/h4-13,17,19,23-25,32H,14-16,18H2,1-3H3,(H,30,33)(H,31,34). The topological polar surface area (TPSA) is 110 Å². The van der Waals surface area contributed by atoms with Crippen LogP contribution in [0.5, 0.6) is 0 Å². The lowest BCUT2D eigenvalue weighted by Crippen LogP contribution is -2.48. The summed E-state index contributed by atoms with van der Waals surface area (Å²) in [5.41, 5.74) is 3.26. The number of carbonyl (C=O) groups is 2. The molecule has 9 heteroatoms. The third-order valence-corrected chi connectivity index (χ3v) is 6.36. The van der Waals surface area contributed by atoms with Crippen LogP contribution in [0.15, 0.2) is 72.4 Å². The van der Waals surface area contributed by atoms with Gasteiger partial charge in [-0.15, -0.1) is 11.3 Å². The summed E-state index contributed by atoms with van der Waals surface area (Å²) < 4.78 is 10.7. The van der Waals surface area contributed by atoms with Gasteiger partial charge in [-0.2, -0.15) is 0 Å². The van der Waals surface area contributed by atoms with Gasteiger partial charge >= 0.3 is 12.2 Å². The molecule has 3 N–H and O–H groups in total. The van der Waals surface area contributed by atoms with E-state index in [9.17, 15) is 14.7 Å². The van der Waals surface area contributed by atoms with E-state index in [0.29, 0.717) is 6.42 Å². The van der Waals surface area contributed by atoms with Gasteiger partial charge in [-0.3, -0.25) is 4.98 Å². The Labute approximate surface area is 222 Å². The zero-order valence-electron chi connectivity index (χ0n) is 21.4. The number of rotatable bonds is 11. The van der Waals surface area contributed by atoms with E-state index in [-0.39, 0.29) is 25.6 Å². The third kappa shape index (κ3) is 9.86. The molecule has 0 aliphatic rings. The first-order chi connectivity index (χ1) is 17.7. The van der Waals surface area contributed by atoms with E-state index in [4.69, 9.17) is 9.47 Å². The number of aromatic nitrogens is 1. The average molecular weight is 526 g/mol. The monoisotopic (exact) mass is 525 g/mol. The smallest absolute Gasteiger partial charge is 0.407 e. The summed E-state index contributed by atoms with van der Waals surface area (Å²) in [6.07, 6.45) is 0.150. The lowest BCUT2D eigenvalue weighted by Gasteiger charge is -2.32. The summed E-state index contributed by atoms with van der Waals surface area (Å²) in [6.45, 7) is 5.65. The van der Waals surface area contributed by atoms with Crippen LogP contribution in [0.4, 0.5) is 9.59 Å². The van der Waals surface area contributed by atoms with Crippen molar-refractivity contribution >= 4 is 23.5 Å². The van der Waals surface area contributed by atoms with E-state index < -0.39 is 29.9 Å². The van der Waals surface area contributed by atoms with Crippen LogP contribution in [0.3, 0.4) is 0 Å². The second kappa shape index (κ2) is 13.8. The van der Waals surface area contributed by atoms with Crippen molar-refractivity contribution in [2.24, 2.45) is 0 Å². The number of amides is 2. The maximum atomic E-state index is 12.8. The first kappa shape index (κ1) is 28.1. The van der Waals surface area contributed by atoms with Gasteiger partial charge in [-0.05, 0) is 38.3 Å². The van der Waals surface area contributed by atoms with Crippen molar-refractivity contribution in [2.45, 2.75) is 63.8 Å². The molecule has 0 aliphatic carbocycles. The maximum Gasteiger partial charge on any atom is 0.407 e. The maximum absolute atomic E-state index is 12.8. The fourth-order valence-electron chi connectivity index (χ4n) is 3.91. The highest BCUT2D eigenvalue weighted by molar-refractivity contribution is 7.09. The van der Waals surface area contributed by atoms with E-state index >= 15 is 0 Å². The summed E-state index contributed by atoms with van der Waals surface area (Å²) in [4.78, 5) is 29.7. The minimum atomic E-state index is -1.01. The normalized spacial score (nSPS) is 13.7. The number of nitrogens with one attached hydrogen (secondary N) is 2. The average Bonchev–Trinajstić information content (AvgIpc) is 3.39. The number of carbonyl (C=O) groups excluding carboxylic acids is 2. The second-order valence-electron chi connectivity index (χ2n) is 9.79. The highest BCUT2D eigenvalue weighted by Gasteiger charge is 2.32. The van der Waals surface area contributed by atoms with Gasteiger partial charge in [0.05, 0.1) is 29.1 Å². The number of alkyl carbamates (subject to hydrolysis) is 2. The molecule has 0 spiro atoms. The Hall–Kier alpha value is -3.43. The number of ether oxygens (including phenoxy) is 2. The van der Waals surface area contributed by atoms with Crippen molar-refractivity contribution in [1.82, 2.24) is 15.6 Å². The Morgan fingerprint density at radius 1 is 1.00 bits per heavy atom. The number of aliphatic hydroxyl groups is 1. The highest BCUT2D eigenvalue weighted by atomic mass is 32.1. The van der Waals surface area contributed by atoms with Crippen molar-refractivity contribution in [3.63, 3.8) is 0 Å². The molecule has 3 rings (SSSR count). The number of benzene rings is 2. The van der Waals surface area contributed by atoms with Crippen LogP contribution in [0.2, 0.25) is 0 Å². The first-order valence-electron chi connectivity index (χ1n) is 12.2. The van der Waals surface area contributed by atoms with Crippen molar-refractivity contribution in [3.05, 3.63) is 88.4 Å². The molecule has 198 valence electrons. The van der Waals surface area contributed by atoms with Crippen molar-refractivity contribution < 1.29 is 24.2 Å². The van der Waals surface area contributed by atoms with Crippen LogP contribution >= 0.6 is 11.3 Å². The van der Waals surface area contributed by atoms with Gasteiger partial charge in [-0.25, -0.2) is 9.59 Å². The summed E-state index contributed by atoms with van der Waals surface area (Å²) in [5.74, 6) is -0.266.